The molecule has 134 valence electrons. The zero-order valence-electron chi connectivity index (χ0n) is 13.9. The van der Waals surface area contributed by atoms with Crippen molar-refractivity contribution in [2.75, 3.05) is 6.54 Å². The van der Waals surface area contributed by atoms with Crippen molar-refractivity contribution in [1.29, 1.82) is 0 Å². The summed E-state index contributed by atoms with van der Waals surface area (Å²) in [7, 11) is -3.66. The molecule has 1 aromatic heterocycles. The van der Waals surface area contributed by atoms with E-state index in [1.807, 2.05) is 0 Å². The molecular weight excluding hydrogens is 360 g/mol. The Kier molecular flexibility index (Phi) is 4.56. The first-order valence-corrected chi connectivity index (χ1v) is 10.6. The van der Waals surface area contributed by atoms with Gasteiger partial charge in [0.25, 0.3) is 0 Å². The van der Waals surface area contributed by atoms with E-state index in [1.165, 1.54) is 12.8 Å². The maximum absolute atomic E-state index is 13.2. The van der Waals surface area contributed by atoms with Crippen LogP contribution >= 0.6 is 11.6 Å². The smallest absolute Gasteiger partial charge is 0.245 e. The summed E-state index contributed by atoms with van der Waals surface area (Å²) in [6.45, 7) is 0.482. The van der Waals surface area contributed by atoms with Crippen LogP contribution in [0, 0.1) is 0 Å². The SMILES string of the molecule is O=S(=O)(c1ccccc1Cl)N1CCCC1c1nncn1C1CCCC1. The number of benzene rings is 1. The van der Waals surface area contributed by atoms with Crippen molar-refractivity contribution in [1.82, 2.24) is 19.1 Å². The van der Waals surface area contributed by atoms with E-state index in [4.69, 9.17) is 11.6 Å². The maximum atomic E-state index is 13.2. The third-order valence-electron chi connectivity index (χ3n) is 5.24. The minimum Gasteiger partial charge on any atom is -0.313 e. The first-order valence-electron chi connectivity index (χ1n) is 8.75. The van der Waals surface area contributed by atoms with Crippen LogP contribution in [-0.2, 0) is 10.0 Å². The number of rotatable bonds is 4. The van der Waals surface area contributed by atoms with E-state index < -0.39 is 10.0 Å². The van der Waals surface area contributed by atoms with E-state index in [0.717, 1.165) is 31.5 Å². The van der Waals surface area contributed by atoms with Crippen molar-refractivity contribution in [3.05, 3.63) is 41.4 Å². The molecule has 8 heteroatoms. The lowest BCUT2D eigenvalue weighted by Crippen LogP contribution is -2.32. The molecule has 1 saturated heterocycles. The van der Waals surface area contributed by atoms with Crippen LogP contribution in [0.1, 0.15) is 56.4 Å². The molecule has 1 aliphatic heterocycles. The molecule has 1 atom stereocenters. The van der Waals surface area contributed by atoms with Gasteiger partial charge in [0.2, 0.25) is 10.0 Å². The van der Waals surface area contributed by atoms with Gasteiger partial charge >= 0.3 is 0 Å². The summed E-state index contributed by atoms with van der Waals surface area (Å²) in [5, 5.41) is 8.64. The van der Waals surface area contributed by atoms with Gasteiger partial charge in [-0.05, 0) is 37.8 Å². The number of nitrogens with zero attached hydrogens (tertiary/aromatic N) is 4. The first kappa shape index (κ1) is 17.0. The molecule has 0 amide bonds. The molecule has 0 radical (unpaired) electrons. The molecule has 4 rings (SSSR count). The molecule has 0 bridgehead atoms. The van der Waals surface area contributed by atoms with Gasteiger partial charge in [0, 0.05) is 12.6 Å². The number of hydrogen-bond acceptors (Lipinski definition) is 4. The summed E-state index contributed by atoms with van der Waals surface area (Å²) >= 11 is 6.16. The fraction of sp³-hybridized carbons (Fsp3) is 0.529. The Morgan fingerprint density at radius 1 is 1.08 bits per heavy atom. The van der Waals surface area contributed by atoms with E-state index in [0.29, 0.717) is 12.6 Å². The first-order chi connectivity index (χ1) is 12.1. The van der Waals surface area contributed by atoms with Crippen LogP contribution in [0.2, 0.25) is 5.02 Å². The second-order valence-corrected chi connectivity index (χ2v) is 9.01. The summed E-state index contributed by atoms with van der Waals surface area (Å²) in [5.41, 5.74) is 0. The standard InChI is InChI=1S/C17H21ClN4O2S/c18-14-8-3-4-10-16(14)25(23,24)22-11-5-9-15(22)17-20-19-12-21(17)13-6-1-2-7-13/h3-4,8,10,12-13,15H,1-2,5-7,9,11H2. The predicted molar refractivity (Wildman–Crippen MR) is 94.8 cm³/mol. The molecule has 6 nitrogen and oxygen atoms in total. The van der Waals surface area contributed by atoms with E-state index >= 15 is 0 Å². The van der Waals surface area contributed by atoms with Gasteiger partial charge in [0.05, 0.1) is 11.1 Å². The Morgan fingerprint density at radius 2 is 1.84 bits per heavy atom. The van der Waals surface area contributed by atoms with Gasteiger partial charge in [0.1, 0.15) is 11.2 Å². The molecule has 1 unspecified atom stereocenters. The minimum absolute atomic E-state index is 0.162. The second-order valence-electron chi connectivity index (χ2n) is 6.74. The molecule has 2 fully saturated rings. The molecule has 1 aliphatic carbocycles. The second kappa shape index (κ2) is 6.70. The third-order valence-corrected chi connectivity index (χ3v) is 7.65. The van der Waals surface area contributed by atoms with Gasteiger partial charge < -0.3 is 4.57 Å². The van der Waals surface area contributed by atoms with Crippen molar-refractivity contribution >= 4 is 21.6 Å². The van der Waals surface area contributed by atoms with Crippen LogP contribution in [0.3, 0.4) is 0 Å². The van der Waals surface area contributed by atoms with Crippen LogP contribution in [-0.4, -0.2) is 34.0 Å². The third kappa shape index (κ3) is 2.98. The van der Waals surface area contributed by atoms with Gasteiger partial charge in [-0.15, -0.1) is 10.2 Å². The number of halogens is 1. The molecule has 2 heterocycles. The lowest BCUT2D eigenvalue weighted by molar-refractivity contribution is 0.359. The zero-order chi connectivity index (χ0) is 17.4. The predicted octanol–water partition coefficient (Wildman–Crippen LogP) is 3.57. The fourth-order valence-corrected chi connectivity index (χ4v) is 6.17. The van der Waals surface area contributed by atoms with Crippen LogP contribution in [0.4, 0.5) is 0 Å². The summed E-state index contributed by atoms with van der Waals surface area (Å²) in [4.78, 5) is 0.162. The lowest BCUT2D eigenvalue weighted by atomic mass is 10.2. The number of sulfonamides is 1. The van der Waals surface area contributed by atoms with Crippen LogP contribution < -0.4 is 0 Å². The molecule has 1 saturated carbocycles. The summed E-state index contributed by atoms with van der Waals surface area (Å²) < 4.78 is 30.0. The van der Waals surface area contributed by atoms with Crippen LogP contribution in [0.15, 0.2) is 35.5 Å². The Hall–Kier alpha value is -1.44. The quantitative estimate of drug-likeness (QED) is 0.813. The number of hydrogen-bond donors (Lipinski definition) is 0. The van der Waals surface area contributed by atoms with Crippen molar-refractivity contribution in [3.8, 4) is 0 Å². The van der Waals surface area contributed by atoms with Gasteiger partial charge in [-0.2, -0.15) is 4.31 Å². The normalized spacial score (nSPS) is 22.7. The molecule has 0 N–H and O–H groups in total. The highest BCUT2D eigenvalue weighted by atomic mass is 35.5. The van der Waals surface area contributed by atoms with E-state index in [-0.39, 0.29) is 16.0 Å². The van der Waals surface area contributed by atoms with Crippen molar-refractivity contribution in [2.45, 2.75) is 55.5 Å². The van der Waals surface area contributed by atoms with Gasteiger partial charge in [-0.3, -0.25) is 0 Å². The average molecular weight is 381 g/mol. The number of aromatic nitrogens is 3. The van der Waals surface area contributed by atoms with E-state index in [1.54, 1.807) is 34.9 Å². The van der Waals surface area contributed by atoms with Gasteiger partial charge in [0.15, 0.2) is 5.82 Å². The van der Waals surface area contributed by atoms with E-state index in [2.05, 4.69) is 14.8 Å². The minimum atomic E-state index is -3.66. The molecule has 25 heavy (non-hydrogen) atoms. The topological polar surface area (TPSA) is 68.1 Å². The van der Waals surface area contributed by atoms with Crippen molar-refractivity contribution in [3.63, 3.8) is 0 Å². The highest BCUT2D eigenvalue weighted by Crippen LogP contribution is 2.39. The molecular formula is C17H21ClN4O2S. The average Bonchev–Trinajstić information content (AvgIpc) is 3.34. The largest absolute Gasteiger partial charge is 0.313 e. The molecule has 0 spiro atoms. The molecule has 2 aromatic rings. The van der Waals surface area contributed by atoms with Crippen molar-refractivity contribution < 1.29 is 8.42 Å². The zero-order valence-corrected chi connectivity index (χ0v) is 15.5. The van der Waals surface area contributed by atoms with Crippen LogP contribution in [0.25, 0.3) is 0 Å². The summed E-state index contributed by atoms with van der Waals surface area (Å²) in [5.74, 6) is 0.764. The highest BCUT2D eigenvalue weighted by molar-refractivity contribution is 7.89. The lowest BCUT2D eigenvalue weighted by Gasteiger charge is -2.25. The van der Waals surface area contributed by atoms with Crippen molar-refractivity contribution in [2.24, 2.45) is 0 Å². The Morgan fingerprint density at radius 3 is 2.60 bits per heavy atom. The highest BCUT2D eigenvalue weighted by Gasteiger charge is 2.40. The maximum Gasteiger partial charge on any atom is 0.245 e. The van der Waals surface area contributed by atoms with Crippen LogP contribution in [0.5, 0.6) is 0 Å². The Balaban J connectivity index is 1.70. The monoisotopic (exact) mass is 380 g/mol. The van der Waals surface area contributed by atoms with Gasteiger partial charge in [-0.25, -0.2) is 8.42 Å². The van der Waals surface area contributed by atoms with Gasteiger partial charge in [-0.1, -0.05) is 36.6 Å². The van der Waals surface area contributed by atoms with E-state index in [9.17, 15) is 8.42 Å². The molecule has 2 aliphatic rings. The Labute approximate surface area is 152 Å². The summed E-state index contributed by atoms with van der Waals surface area (Å²) in [6, 6.07) is 6.72. The molecule has 1 aromatic carbocycles. The Bertz CT molecular complexity index is 861. The fourth-order valence-electron chi connectivity index (χ4n) is 4.02. The summed E-state index contributed by atoms with van der Waals surface area (Å²) in [6.07, 6.45) is 7.94.